The Morgan fingerprint density at radius 1 is 1.21 bits per heavy atom. The van der Waals surface area contributed by atoms with E-state index in [9.17, 15) is 4.79 Å². The third kappa shape index (κ3) is 4.55. The van der Waals surface area contributed by atoms with Gasteiger partial charge in [-0.1, -0.05) is 23.7 Å². The first-order valence-corrected chi connectivity index (χ1v) is 9.82. The second-order valence-corrected chi connectivity index (χ2v) is 7.80. The number of hydrogen-bond acceptors (Lipinski definition) is 5. The summed E-state index contributed by atoms with van der Waals surface area (Å²) in [7, 11) is 4.13. The lowest BCUT2D eigenvalue weighted by molar-refractivity contribution is -0.115. The number of amides is 1. The van der Waals surface area contributed by atoms with E-state index in [4.69, 9.17) is 16.6 Å². The summed E-state index contributed by atoms with van der Waals surface area (Å²) in [5.74, 6) is 0.383. The lowest BCUT2D eigenvalue weighted by Gasteiger charge is -2.12. The van der Waals surface area contributed by atoms with Crippen molar-refractivity contribution in [2.45, 2.75) is 12.8 Å². The molecule has 29 heavy (non-hydrogen) atoms. The molecule has 6 nitrogen and oxygen atoms in total. The van der Waals surface area contributed by atoms with Gasteiger partial charge in [-0.15, -0.1) is 0 Å². The molecule has 7 heteroatoms. The summed E-state index contributed by atoms with van der Waals surface area (Å²) >= 11 is 6.10. The quantitative estimate of drug-likeness (QED) is 0.665. The van der Waals surface area contributed by atoms with E-state index >= 15 is 0 Å². The van der Waals surface area contributed by atoms with E-state index in [-0.39, 0.29) is 12.3 Å². The predicted molar refractivity (Wildman–Crippen MR) is 117 cm³/mol. The Balaban J connectivity index is 1.64. The molecule has 0 spiro atoms. The van der Waals surface area contributed by atoms with Crippen LogP contribution >= 0.6 is 11.6 Å². The van der Waals surface area contributed by atoms with Crippen LogP contribution in [-0.4, -0.2) is 41.4 Å². The molecule has 0 bridgehead atoms. The van der Waals surface area contributed by atoms with Crippen molar-refractivity contribution < 1.29 is 4.79 Å². The van der Waals surface area contributed by atoms with Gasteiger partial charge in [0.05, 0.1) is 17.8 Å². The van der Waals surface area contributed by atoms with Gasteiger partial charge in [-0.3, -0.25) is 4.79 Å². The van der Waals surface area contributed by atoms with Crippen molar-refractivity contribution in [3.63, 3.8) is 0 Å². The molecule has 148 valence electrons. The van der Waals surface area contributed by atoms with Crippen molar-refractivity contribution in [1.82, 2.24) is 14.9 Å². The number of carbonyl (C=O) groups is 1. The number of nitrogens with one attached hydrogen (secondary N) is 2. The van der Waals surface area contributed by atoms with Crippen molar-refractivity contribution in [2.24, 2.45) is 0 Å². The Morgan fingerprint density at radius 2 is 2.07 bits per heavy atom. The van der Waals surface area contributed by atoms with Crippen LogP contribution in [0.5, 0.6) is 0 Å². The molecule has 0 unspecified atom stereocenters. The molecule has 1 aromatic heterocycles. The van der Waals surface area contributed by atoms with Crippen LogP contribution < -0.4 is 10.6 Å². The maximum Gasteiger partial charge on any atom is 0.228 e. The zero-order chi connectivity index (χ0) is 20.4. The highest BCUT2D eigenvalue weighted by atomic mass is 35.5. The van der Waals surface area contributed by atoms with Gasteiger partial charge in [-0.05, 0) is 56.4 Å². The minimum Gasteiger partial charge on any atom is -0.325 e. The Bertz CT molecular complexity index is 1070. The van der Waals surface area contributed by atoms with E-state index in [1.54, 1.807) is 18.3 Å². The molecular weight excluding hydrogens is 386 g/mol. The number of rotatable bonds is 5. The Kier molecular flexibility index (Phi) is 5.47. The number of benzene rings is 2. The molecule has 0 aliphatic carbocycles. The van der Waals surface area contributed by atoms with Crippen LogP contribution in [0.3, 0.4) is 0 Å². The van der Waals surface area contributed by atoms with E-state index in [1.165, 1.54) is 5.56 Å². The van der Waals surface area contributed by atoms with Gasteiger partial charge >= 0.3 is 0 Å². The SMILES string of the molecule is CN(C)CCc1cccc(Nc2ncc3c(n2)-c2ccc(Cl)cc2NC(=O)C3)c1. The number of nitrogens with zero attached hydrogens (tertiary/aromatic N) is 3. The third-order valence-corrected chi connectivity index (χ3v) is 4.99. The first-order valence-electron chi connectivity index (χ1n) is 9.44. The molecule has 1 aliphatic rings. The Hall–Kier alpha value is -2.96. The van der Waals surface area contributed by atoms with Crippen LogP contribution in [0.2, 0.25) is 5.02 Å². The number of carbonyl (C=O) groups excluding carboxylic acids is 1. The zero-order valence-corrected chi connectivity index (χ0v) is 17.1. The topological polar surface area (TPSA) is 70.2 Å². The molecule has 1 aliphatic heterocycles. The molecule has 0 saturated carbocycles. The standard InChI is InChI=1S/C22H22ClN5O/c1-28(2)9-8-14-4-3-5-17(10-14)25-22-24-13-15-11-20(29)26-19-12-16(23)6-7-18(19)21(15)27-22/h3-7,10,12-13H,8-9,11H2,1-2H3,(H,26,29)(H,24,25,27). The first kappa shape index (κ1) is 19.4. The average Bonchev–Trinajstić information content (AvgIpc) is 2.81. The highest BCUT2D eigenvalue weighted by molar-refractivity contribution is 6.31. The number of hydrogen-bond donors (Lipinski definition) is 2. The number of likely N-dealkylation sites (N-methyl/N-ethyl adjacent to an activating group) is 1. The first-order chi connectivity index (χ1) is 14.0. The minimum absolute atomic E-state index is 0.106. The lowest BCUT2D eigenvalue weighted by atomic mass is 10.1. The van der Waals surface area contributed by atoms with Crippen LogP contribution in [0.25, 0.3) is 11.3 Å². The number of aromatic nitrogens is 2. The number of anilines is 3. The van der Waals surface area contributed by atoms with Crippen molar-refractivity contribution >= 4 is 34.8 Å². The van der Waals surface area contributed by atoms with Gasteiger partial charge in [0.25, 0.3) is 0 Å². The fourth-order valence-electron chi connectivity index (χ4n) is 3.31. The van der Waals surface area contributed by atoms with Gasteiger partial charge in [-0.2, -0.15) is 0 Å². The molecule has 4 rings (SSSR count). The van der Waals surface area contributed by atoms with E-state index < -0.39 is 0 Å². The van der Waals surface area contributed by atoms with Crippen LogP contribution in [0.15, 0.2) is 48.7 Å². The fourth-order valence-corrected chi connectivity index (χ4v) is 3.48. The van der Waals surface area contributed by atoms with E-state index in [2.05, 4.69) is 46.7 Å². The highest BCUT2D eigenvalue weighted by Gasteiger charge is 2.21. The van der Waals surface area contributed by atoms with Gasteiger partial charge < -0.3 is 15.5 Å². The van der Waals surface area contributed by atoms with E-state index in [1.807, 2.05) is 18.2 Å². The summed E-state index contributed by atoms with van der Waals surface area (Å²) in [6, 6.07) is 13.7. The third-order valence-electron chi connectivity index (χ3n) is 4.76. The number of fused-ring (bicyclic) bond motifs is 3. The van der Waals surface area contributed by atoms with Gasteiger partial charge in [0.15, 0.2) is 0 Å². The summed E-state index contributed by atoms with van der Waals surface area (Å²) in [5, 5.41) is 6.75. The maximum atomic E-state index is 12.2. The van der Waals surface area contributed by atoms with Crippen LogP contribution in [0, 0.1) is 0 Å². The smallest absolute Gasteiger partial charge is 0.228 e. The van der Waals surface area contributed by atoms with E-state index in [0.29, 0.717) is 16.7 Å². The molecular formula is C22H22ClN5O. The molecule has 2 N–H and O–H groups in total. The summed E-state index contributed by atoms with van der Waals surface area (Å²) in [6.45, 7) is 0.985. The van der Waals surface area contributed by atoms with Crippen LogP contribution in [0.4, 0.5) is 17.3 Å². The molecule has 1 amide bonds. The fraction of sp³-hybridized carbons (Fsp3) is 0.227. The summed E-state index contributed by atoms with van der Waals surface area (Å²) in [6.07, 6.45) is 2.90. The molecule has 3 aromatic rings. The normalized spacial score (nSPS) is 12.8. The second-order valence-electron chi connectivity index (χ2n) is 7.36. The highest BCUT2D eigenvalue weighted by Crippen LogP contribution is 2.34. The molecule has 0 atom stereocenters. The van der Waals surface area contributed by atoms with Gasteiger partial charge in [0.1, 0.15) is 0 Å². The van der Waals surface area contributed by atoms with Gasteiger partial charge in [0.2, 0.25) is 11.9 Å². The second kappa shape index (κ2) is 8.19. The van der Waals surface area contributed by atoms with Gasteiger partial charge in [-0.25, -0.2) is 9.97 Å². The Morgan fingerprint density at radius 3 is 2.90 bits per heavy atom. The number of halogens is 1. The van der Waals surface area contributed by atoms with Crippen LogP contribution in [0.1, 0.15) is 11.1 Å². The lowest BCUT2D eigenvalue weighted by Crippen LogP contribution is -2.15. The summed E-state index contributed by atoms with van der Waals surface area (Å²) in [4.78, 5) is 23.5. The monoisotopic (exact) mass is 407 g/mol. The molecule has 2 aromatic carbocycles. The summed E-state index contributed by atoms with van der Waals surface area (Å²) < 4.78 is 0. The van der Waals surface area contributed by atoms with Crippen molar-refractivity contribution in [3.8, 4) is 11.3 Å². The van der Waals surface area contributed by atoms with Crippen molar-refractivity contribution in [2.75, 3.05) is 31.3 Å². The maximum absolute atomic E-state index is 12.2. The predicted octanol–water partition coefficient (Wildman–Crippen LogP) is 4.14. The minimum atomic E-state index is -0.106. The van der Waals surface area contributed by atoms with Crippen LogP contribution in [-0.2, 0) is 17.6 Å². The zero-order valence-electron chi connectivity index (χ0n) is 16.4. The van der Waals surface area contributed by atoms with Gasteiger partial charge in [0, 0.05) is 34.6 Å². The molecule has 2 heterocycles. The Labute approximate surface area is 174 Å². The van der Waals surface area contributed by atoms with Crippen molar-refractivity contribution in [1.29, 1.82) is 0 Å². The molecule has 0 fully saturated rings. The molecule has 0 radical (unpaired) electrons. The molecule has 0 saturated heterocycles. The average molecular weight is 408 g/mol. The van der Waals surface area contributed by atoms with E-state index in [0.717, 1.165) is 35.5 Å². The van der Waals surface area contributed by atoms with Crippen molar-refractivity contribution in [3.05, 3.63) is 64.8 Å². The largest absolute Gasteiger partial charge is 0.325 e. The summed E-state index contributed by atoms with van der Waals surface area (Å²) in [5.41, 5.74) is 5.19.